The Hall–Kier alpha value is -2.41. The van der Waals surface area contributed by atoms with Gasteiger partial charge >= 0.3 is 5.97 Å². The van der Waals surface area contributed by atoms with Crippen LogP contribution in [0.2, 0.25) is 0 Å². The number of carboxylic acids is 1. The van der Waals surface area contributed by atoms with Crippen LogP contribution in [0.25, 0.3) is 10.9 Å². The van der Waals surface area contributed by atoms with Gasteiger partial charge < -0.3 is 9.67 Å². The maximum atomic E-state index is 11.4. The second-order valence-electron chi connectivity index (χ2n) is 4.16. The molecular formula is C13H10N4O2S. The van der Waals surface area contributed by atoms with Crippen LogP contribution in [0.4, 0.5) is 0 Å². The molecule has 6 nitrogen and oxygen atoms in total. The summed E-state index contributed by atoms with van der Waals surface area (Å²) in [6.07, 6.45) is 1.58. The molecule has 0 aliphatic carbocycles. The van der Waals surface area contributed by atoms with Crippen molar-refractivity contribution in [2.24, 2.45) is 7.05 Å². The molecule has 0 bridgehead atoms. The van der Waals surface area contributed by atoms with Crippen molar-refractivity contribution in [3.63, 3.8) is 0 Å². The maximum absolute atomic E-state index is 11.4. The number of hydrogen-bond donors (Lipinski definition) is 1. The summed E-state index contributed by atoms with van der Waals surface area (Å²) in [5.41, 5.74) is 0.886. The zero-order valence-corrected chi connectivity index (χ0v) is 11.3. The first-order valence-corrected chi connectivity index (χ1v) is 6.62. The van der Waals surface area contributed by atoms with Gasteiger partial charge in [0, 0.05) is 12.4 Å². The summed E-state index contributed by atoms with van der Waals surface area (Å²) in [6.45, 7) is 0. The van der Waals surface area contributed by atoms with E-state index in [0.29, 0.717) is 21.1 Å². The van der Waals surface area contributed by atoms with Crippen molar-refractivity contribution in [1.82, 2.24) is 19.7 Å². The first-order valence-electron chi connectivity index (χ1n) is 5.80. The van der Waals surface area contributed by atoms with Crippen LogP contribution in [0.15, 0.2) is 46.8 Å². The van der Waals surface area contributed by atoms with E-state index in [1.54, 1.807) is 35.2 Å². The van der Waals surface area contributed by atoms with Crippen molar-refractivity contribution in [2.75, 3.05) is 0 Å². The SMILES string of the molecule is Cn1cnnc1Sc1cc(C(=O)O)c2ccccc2n1. The van der Waals surface area contributed by atoms with E-state index in [1.807, 2.05) is 13.1 Å². The Bertz CT molecular complexity index is 800. The summed E-state index contributed by atoms with van der Waals surface area (Å²) in [7, 11) is 1.82. The first-order chi connectivity index (χ1) is 9.65. The van der Waals surface area contributed by atoms with Gasteiger partial charge in [-0.1, -0.05) is 18.2 Å². The average molecular weight is 286 g/mol. The molecule has 0 radical (unpaired) electrons. The Labute approximate surface area is 118 Å². The number of hydrogen-bond acceptors (Lipinski definition) is 5. The van der Waals surface area contributed by atoms with E-state index in [1.165, 1.54) is 11.8 Å². The molecule has 3 rings (SSSR count). The lowest BCUT2D eigenvalue weighted by Crippen LogP contribution is -2.00. The van der Waals surface area contributed by atoms with Crippen LogP contribution in [0.3, 0.4) is 0 Å². The highest BCUT2D eigenvalue weighted by atomic mass is 32.2. The van der Waals surface area contributed by atoms with E-state index < -0.39 is 5.97 Å². The molecule has 2 heterocycles. The molecule has 0 atom stereocenters. The zero-order chi connectivity index (χ0) is 14.1. The van der Waals surface area contributed by atoms with Gasteiger partial charge in [0.05, 0.1) is 11.1 Å². The molecule has 0 unspecified atom stereocenters. The average Bonchev–Trinajstić information content (AvgIpc) is 2.83. The van der Waals surface area contributed by atoms with Crippen molar-refractivity contribution < 1.29 is 9.90 Å². The lowest BCUT2D eigenvalue weighted by Gasteiger charge is -2.05. The fourth-order valence-electron chi connectivity index (χ4n) is 1.84. The van der Waals surface area contributed by atoms with Gasteiger partial charge in [-0.05, 0) is 23.9 Å². The first kappa shape index (κ1) is 12.6. The number of rotatable bonds is 3. The Morgan fingerprint density at radius 1 is 1.35 bits per heavy atom. The third-order valence-electron chi connectivity index (χ3n) is 2.79. The number of aryl methyl sites for hydroxylation is 1. The molecule has 1 N–H and O–H groups in total. The lowest BCUT2D eigenvalue weighted by molar-refractivity contribution is 0.0698. The summed E-state index contributed by atoms with van der Waals surface area (Å²) < 4.78 is 1.75. The van der Waals surface area contributed by atoms with E-state index in [4.69, 9.17) is 0 Å². The van der Waals surface area contributed by atoms with E-state index in [2.05, 4.69) is 15.2 Å². The minimum atomic E-state index is -0.969. The van der Waals surface area contributed by atoms with Crippen LogP contribution >= 0.6 is 11.8 Å². The quantitative estimate of drug-likeness (QED) is 0.795. The molecule has 3 aromatic rings. The van der Waals surface area contributed by atoms with Crippen molar-refractivity contribution in [2.45, 2.75) is 10.2 Å². The molecule has 2 aromatic heterocycles. The highest BCUT2D eigenvalue weighted by Gasteiger charge is 2.13. The van der Waals surface area contributed by atoms with Gasteiger partial charge in [0.1, 0.15) is 11.4 Å². The van der Waals surface area contributed by atoms with Crippen LogP contribution in [-0.4, -0.2) is 30.8 Å². The summed E-state index contributed by atoms with van der Waals surface area (Å²) in [5.74, 6) is -0.969. The molecule has 0 spiro atoms. The topological polar surface area (TPSA) is 80.9 Å². The number of aromatic carboxylic acids is 1. The normalized spacial score (nSPS) is 10.8. The number of fused-ring (bicyclic) bond motifs is 1. The second kappa shape index (κ2) is 4.93. The van der Waals surface area contributed by atoms with Gasteiger partial charge in [-0.2, -0.15) is 0 Å². The summed E-state index contributed by atoms with van der Waals surface area (Å²) in [5, 5.41) is 18.9. The molecule has 0 amide bonds. The Morgan fingerprint density at radius 2 is 2.15 bits per heavy atom. The number of para-hydroxylation sites is 1. The monoisotopic (exact) mass is 286 g/mol. The molecule has 7 heteroatoms. The molecule has 0 saturated heterocycles. The largest absolute Gasteiger partial charge is 0.478 e. The zero-order valence-electron chi connectivity index (χ0n) is 10.5. The Kier molecular flexibility index (Phi) is 3.11. The minimum Gasteiger partial charge on any atom is -0.478 e. The predicted octanol–water partition coefficient (Wildman–Crippen LogP) is 2.21. The fourth-order valence-corrected chi connectivity index (χ4v) is 2.63. The summed E-state index contributed by atoms with van der Waals surface area (Å²) >= 11 is 1.28. The highest BCUT2D eigenvalue weighted by Crippen LogP contribution is 2.28. The number of nitrogens with zero attached hydrogens (tertiary/aromatic N) is 4. The van der Waals surface area contributed by atoms with Gasteiger partial charge in [-0.15, -0.1) is 10.2 Å². The number of carboxylic acid groups (broad SMARTS) is 1. The number of pyridine rings is 1. The molecule has 100 valence electrons. The molecule has 0 aliphatic rings. The van der Waals surface area contributed by atoms with Gasteiger partial charge in [-0.3, -0.25) is 0 Å². The predicted molar refractivity (Wildman–Crippen MR) is 73.8 cm³/mol. The molecule has 0 aliphatic heterocycles. The molecule has 0 fully saturated rings. The smallest absolute Gasteiger partial charge is 0.336 e. The van der Waals surface area contributed by atoms with E-state index in [0.717, 1.165) is 0 Å². The Balaban J connectivity index is 2.12. The van der Waals surface area contributed by atoms with E-state index in [9.17, 15) is 9.90 Å². The van der Waals surface area contributed by atoms with Gasteiger partial charge in [-0.25, -0.2) is 9.78 Å². The lowest BCUT2D eigenvalue weighted by atomic mass is 10.1. The number of aromatic nitrogens is 4. The maximum Gasteiger partial charge on any atom is 0.336 e. The summed E-state index contributed by atoms with van der Waals surface area (Å²) in [6, 6.07) is 8.73. The van der Waals surface area contributed by atoms with Gasteiger partial charge in [0.25, 0.3) is 0 Å². The molecule has 20 heavy (non-hydrogen) atoms. The van der Waals surface area contributed by atoms with E-state index in [-0.39, 0.29) is 5.56 Å². The molecular weight excluding hydrogens is 276 g/mol. The third kappa shape index (κ3) is 2.23. The van der Waals surface area contributed by atoms with Crippen LogP contribution in [0.1, 0.15) is 10.4 Å². The number of benzene rings is 1. The van der Waals surface area contributed by atoms with Crippen molar-refractivity contribution >= 4 is 28.6 Å². The van der Waals surface area contributed by atoms with Gasteiger partial charge in [0.15, 0.2) is 5.16 Å². The second-order valence-corrected chi connectivity index (χ2v) is 5.14. The van der Waals surface area contributed by atoms with E-state index >= 15 is 0 Å². The molecule has 1 aromatic carbocycles. The minimum absolute atomic E-state index is 0.236. The van der Waals surface area contributed by atoms with Crippen LogP contribution < -0.4 is 0 Å². The summed E-state index contributed by atoms with van der Waals surface area (Å²) in [4.78, 5) is 15.8. The van der Waals surface area contributed by atoms with Crippen LogP contribution in [0, 0.1) is 0 Å². The standard InChI is InChI=1S/C13H10N4O2S/c1-17-7-14-16-13(17)20-11-6-9(12(18)19)8-4-2-3-5-10(8)15-11/h2-7H,1H3,(H,18,19). The van der Waals surface area contributed by atoms with Crippen molar-refractivity contribution in [3.8, 4) is 0 Å². The fraction of sp³-hybridized carbons (Fsp3) is 0.0769. The van der Waals surface area contributed by atoms with Crippen LogP contribution in [-0.2, 0) is 7.05 Å². The van der Waals surface area contributed by atoms with Crippen molar-refractivity contribution in [3.05, 3.63) is 42.2 Å². The van der Waals surface area contributed by atoms with Crippen LogP contribution in [0.5, 0.6) is 0 Å². The Morgan fingerprint density at radius 3 is 2.85 bits per heavy atom. The third-order valence-corrected chi connectivity index (χ3v) is 3.76. The highest BCUT2D eigenvalue weighted by molar-refractivity contribution is 7.99. The molecule has 0 saturated carbocycles. The number of carbonyl (C=O) groups is 1. The van der Waals surface area contributed by atoms with Crippen molar-refractivity contribution in [1.29, 1.82) is 0 Å². The van der Waals surface area contributed by atoms with Gasteiger partial charge in [0.2, 0.25) is 0 Å².